The van der Waals surface area contributed by atoms with Crippen molar-refractivity contribution in [2.45, 2.75) is 32.2 Å². The van der Waals surface area contributed by atoms with Crippen LogP contribution in [0, 0.1) is 30.6 Å². The van der Waals surface area contributed by atoms with Crippen molar-refractivity contribution in [2.24, 2.45) is 23.7 Å². The summed E-state index contributed by atoms with van der Waals surface area (Å²) in [5, 5.41) is 13.3. The molecule has 0 saturated heterocycles. The molecule has 3 aliphatic carbocycles. The molecule has 96 valence electrons. The maximum Gasteiger partial charge on any atom is 0.355 e. The number of hydrogen-bond acceptors (Lipinski definition) is 4. The molecule has 0 spiro atoms. The standard InChI is InChI=1S/C13H16N2O2S/c1-5-10(12(16)17)14-13(18-5)15-11-8-6-2-3-7(4-6)9(8)11/h6-9,11H,2-4H2,1H3,(H,14,15)(H,16,17). The van der Waals surface area contributed by atoms with Gasteiger partial charge in [0.2, 0.25) is 0 Å². The zero-order valence-electron chi connectivity index (χ0n) is 10.2. The Hall–Kier alpha value is -1.10. The third-order valence-electron chi connectivity index (χ3n) is 5.02. The topological polar surface area (TPSA) is 62.2 Å². The number of aromatic nitrogens is 1. The van der Waals surface area contributed by atoms with Crippen molar-refractivity contribution < 1.29 is 9.90 Å². The zero-order chi connectivity index (χ0) is 12.4. The number of carbonyl (C=O) groups is 1. The van der Waals surface area contributed by atoms with Gasteiger partial charge in [-0.25, -0.2) is 9.78 Å². The average molecular weight is 264 g/mol. The lowest BCUT2D eigenvalue weighted by atomic mass is 10.0. The lowest BCUT2D eigenvalue weighted by Gasteiger charge is -2.08. The quantitative estimate of drug-likeness (QED) is 0.881. The van der Waals surface area contributed by atoms with E-state index in [-0.39, 0.29) is 5.69 Å². The Bertz CT molecular complexity index is 511. The number of thiazole rings is 1. The van der Waals surface area contributed by atoms with Crippen molar-refractivity contribution in [3.8, 4) is 0 Å². The number of aryl methyl sites for hydroxylation is 1. The van der Waals surface area contributed by atoms with Crippen LogP contribution in [-0.4, -0.2) is 22.1 Å². The summed E-state index contributed by atoms with van der Waals surface area (Å²) in [6.07, 6.45) is 4.24. The van der Waals surface area contributed by atoms with E-state index in [2.05, 4.69) is 10.3 Å². The van der Waals surface area contributed by atoms with Gasteiger partial charge >= 0.3 is 5.97 Å². The fraction of sp³-hybridized carbons (Fsp3) is 0.692. The molecule has 5 heteroatoms. The Morgan fingerprint density at radius 2 is 2.06 bits per heavy atom. The molecule has 4 rings (SSSR count). The highest BCUT2D eigenvalue weighted by Gasteiger charge is 2.65. The number of nitrogens with one attached hydrogen (secondary N) is 1. The number of aromatic carboxylic acids is 1. The van der Waals surface area contributed by atoms with Gasteiger partial charge < -0.3 is 10.4 Å². The van der Waals surface area contributed by atoms with Gasteiger partial charge in [0, 0.05) is 10.9 Å². The van der Waals surface area contributed by atoms with Crippen molar-refractivity contribution in [2.75, 3.05) is 5.32 Å². The van der Waals surface area contributed by atoms with Gasteiger partial charge in [0.1, 0.15) is 0 Å². The molecule has 0 aliphatic heterocycles. The van der Waals surface area contributed by atoms with E-state index in [4.69, 9.17) is 5.11 Å². The smallest absolute Gasteiger partial charge is 0.355 e. The first kappa shape index (κ1) is 10.8. The number of rotatable bonds is 3. The predicted molar refractivity (Wildman–Crippen MR) is 69.0 cm³/mol. The summed E-state index contributed by atoms with van der Waals surface area (Å²) in [5.74, 6) is 2.63. The Balaban J connectivity index is 1.50. The first-order chi connectivity index (χ1) is 8.65. The van der Waals surface area contributed by atoms with E-state index in [9.17, 15) is 4.79 Å². The molecule has 0 amide bonds. The van der Waals surface area contributed by atoms with Crippen LogP contribution in [0.4, 0.5) is 5.13 Å². The van der Waals surface area contributed by atoms with Crippen LogP contribution in [-0.2, 0) is 0 Å². The first-order valence-electron chi connectivity index (χ1n) is 6.62. The highest BCUT2D eigenvalue weighted by Crippen LogP contribution is 2.66. The van der Waals surface area contributed by atoms with Crippen LogP contribution in [0.1, 0.15) is 34.6 Å². The van der Waals surface area contributed by atoms with Crippen molar-refractivity contribution >= 4 is 22.4 Å². The molecular formula is C13H16N2O2S. The lowest BCUT2D eigenvalue weighted by molar-refractivity contribution is 0.0690. The van der Waals surface area contributed by atoms with E-state index in [0.717, 1.165) is 33.7 Å². The molecule has 0 aromatic carbocycles. The molecule has 3 aliphatic rings. The molecule has 2 bridgehead atoms. The molecule has 4 nitrogen and oxygen atoms in total. The van der Waals surface area contributed by atoms with Crippen LogP contribution >= 0.6 is 11.3 Å². The van der Waals surface area contributed by atoms with Gasteiger partial charge in [0.25, 0.3) is 0 Å². The number of fused-ring (bicyclic) bond motifs is 5. The summed E-state index contributed by atoms with van der Waals surface area (Å²) < 4.78 is 0. The van der Waals surface area contributed by atoms with E-state index >= 15 is 0 Å². The summed E-state index contributed by atoms with van der Waals surface area (Å²) in [4.78, 5) is 15.9. The van der Waals surface area contributed by atoms with E-state index < -0.39 is 5.97 Å². The van der Waals surface area contributed by atoms with Gasteiger partial charge in [-0.15, -0.1) is 11.3 Å². The van der Waals surface area contributed by atoms with Crippen LogP contribution in [0.25, 0.3) is 0 Å². The highest BCUT2D eigenvalue weighted by atomic mass is 32.1. The maximum absolute atomic E-state index is 11.0. The minimum Gasteiger partial charge on any atom is -0.476 e. The second-order valence-corrected chi connectivity index (χ2v) is 7.09. The largest absolute Gasteiger partial charge is 0.476 e. The number of nitrogens with zero attached hydrogens (tertiary/aromatic N) is 1. The summed E-state index contributed by atoms with van der Waals surface area (Å²) in [5.41, 5.74) is 0.205. The number of anilines is 1. The van der Waals surface area contributed by atoms with Crippen LogP contribution in [0.2, 0.25) is 0 Å². The molecule has 4 atom stereocenters. The van der Waals surface area contributed by atoms with Gasteiger partial charge in [-0.2, -0.15) is 0 Å². The van der Waals surface area contributed by atoms with Gasteiger partial charge in [0.05, 0.1) is 0 Å². The van der Waals surface area contributed by atoms with E-state index in [1.54, 1.807) is 0 Å². The molecule has 3 saturated carbocycles. The van der Waals surface area contributed by atoms with E-state index in [1.807, 2.05) is 6.92 Å². The minimum atomic E-state index is -0.923. The van der Waals surface area contributed by atoms with Crippen molar-refractivity contribution in [1.82, 2.24) is 4.98 Å². The van der Waals surface area contributed by atoms with Crippen molar-refractivity contribution in [3.63, 3.8) is 0 Å². The van der Waals surface area contributed by atoms with Gasteiger partial charge in [-0.3, -0.25) is 0 Å². The normalized spacial score (nSPS) is 39.7. The molecule has 1 heterocycles. The molecule has 1 aromatic rings. The second-order valence-electron chi connectivity index (χ2n) is 5.89. The first-order valence-corrected chi connectivity index (χ1v) is 7.44. The van der Waals surface area contributed by atoms with Crippen molar-refractivity contribution in [3.05, 3.63) is 10.6 Å². The fourth-order valence-electron chi connectivity index (χ4n) is 4.32. The average Bonchev–Trinajstić information content (AvgIpc) is 2.71. The third-order valence-corrected chi connectivity index (χ3v) is 5.93. The highest BCUT2D eigenvalue weighted by molar-refractivity contribution is 7.15. The number of carboxylic acids is 1. The maximum atomic E-state index is 11.0. The zero-order valence-corrected chi connectivity index (χ0v) is 11.0. The monoisotopic (exact) mass is 264 g/mol. The molecule has 0 radical (unpaired) electrons. The lowest BCUT2D eigenvalue weighted by Crippen LogP contribution is -2.12. The SMILES string of the molecule is Cc1sc(NC2C3C4CCC(C4)C23)nc1C(=O)O. The molecule has 1 aromatic heterocycles. The second kappa shape index (κ2) is 3.47. The molecule has 18 heavy (non-hydrogen) atoms. The Kier molecular flexibility index (Phi) is 2.08. The van der Waals surface area contributed by atoms with E-state index in [0.29, 0.717) is 6.04 Å². The summed E-state index contributed by atoms with van der Waals surface area (Å²) >= 11 is 1.47. The van der Waals surface area contributed by atoms with Gasteiger partial charge in [0.15, 0.2) is 10.8 Å². The molecule has 3 fully saturated rings. The molecule has 4 unspecified atom stereocenters. The third kappa shape index (κ3) is 1.37. The molecule has 2 N–H and O–H groups in total. The van der Waals surface area contributed by atoms with Crippen molar-refractivity contribution in [1.29, 1.82) is 0 Å². The summed E-state index contributed by atoms with van der Waals surface area (Å²) in [6.45, 7) is 1.82. The number of carboxylic acid groups (broad SMARTS) is 1. The van der Waals surface area contributed by atoms with Gasteiger partial charge in [-0.1, -0.05) is 0 Å². The van der Waals surface area contributed by atoms with Gasteiger partial charge in [-0.05, 0) is 49.9 Å². The predicted octanol–water partition coefficient (Wildman–Crippen LogP) is 2.61. The molecular weight excluding hydrogens is 248 g/mol. The van der Waals surface area contributed by atoms with Crippen LogP contribution in [0.3, 0.4) is 0 Å². The summed E-state index contributed by atoms with van der Waals surface area (Å²) in [7, 11) is 0. The van der Waals surface area contributed by atoms with Crippen LogP contribution in [0.15, 0.2) is 0 Å². The van der Waals surface area contributed by atoms with E-state index in [1.165, 1.54) is 30.6 Å². The number of hydrogen-bond donors (Lipinski definition) is 2. The Morgan fingerprint density at radius 3 is 2.61 bits per heavy atom. The minimum absolute atomic E-state index is 0.205. The van der Waals surface area contributed by atoms with Crippen LogP contribution in [0.5, 0.6) is 0 Å². The fourth-order valence-corrected chi connectivity index (χ4v) is 5.17. The Morgan fingerprint density at radius 1 is 1.39 bits per heavy atom. The van der Waals surface area contributed by atoms with Crippen LogP contribution < -0.4 is 5.32 Å². The Labute approximate surface area is 109 Å². The summed E-state index contributed by atoms with van der Waals surface area (Å²) in [6, 6.07) is 0.573.